The molecule has 0 rings (SSSR count). The van der Waals surface area contributed by atoms with Gasteiger partial charge in [0, 0.05) is 12.8 Å². The number of aliphatic hydroxyl groups is 2. The summed E-state index contributed by atoms with van der Waals surface area (Å²) in [6.07, 6.45) is 29.8. The highest BCUT2D eigenvalue weighted by Gasteiger charge is 2.27. The number of aliphatic hydroxyl groups excluding tert-OH is 2. The summed E-state index contributed by atoms with van der Waals surface area (Å²) in [7, 11) is -4.64. The molecule has 0 spiro atoms. The second-order valence-corrected chi connectivity index (χ2v) is 12.6. The van der Waals surface area contributed by atoms with Gasteiger partial charge in [-0.25, -0.2) is 4.57 Å². The lowest BCUT2D eigenvalue weighted by Gasteiger charge is -2.20. The number of ether oxygens (including phenoxy) is 2. The van der Waals surface area contributed by atoms with Crippen LogP contribution >= 0.6 is 7.82 Å². The van der Waals surface area contributed by atoms with E-state index in [1.165, 1.54) is 38.5 Å². The lowest BCUT2D eigenvalue weighted by atomic mass is 10.1. The van der Waals surface area contributed by atoms with E-state index in [-0.39, 0.29) is 12.8 Å². The van der Waals surface area contributed by atoms with E-state index in [0.717, 1.165) is 44.9 Å². The molecule has 3 N–H and O–H groups in total. The van der Waals surface area contributed by atoms with Crippen LogP contribution < -0.4 is 0 Å². The summed E-state index contributed by atoms with van der Waals surface area (Å²) in [6.45, 7) is 1.95. The summed E-state index contributed by atoms with van der Waals surface area (Å²) in [4.78, 5) is 34.1. The predicted molar refractivity (Wildman–Crippen MR) is 182 cm³/mol. The maximum atomic E-state index is 12.3. The molecule has 0 amide bonds. The Kier molecular flexibility index (Phi) is 30.1. The molecule has 11 heteroatoms. The highest BCUT2D eigenvalue weighted by Crippen LogP contribution is 2.43. The summed E-state index contributed by atoms with van der Waals surface area (Å²) >= 11 is 0. The second-order valence-electron chi connectivity index (χ2n) is 11.1. The van der Waals surface area contributed by atoms with E-state index in [1.54, 1.807) is 0 Å². The molecule has 0 bridgehead atoms. The number of phosphoric ester groups is 1. The Labute approximate surface area is 277 Å². The molecule has 0 fully saturated rings. The monoisotopic (exact) mass is 672 g/mol. The number of unbranched alkanes of at least 4 members (excludes halogenated alkanes) is 9. The van der Waals surface area contributed by atoms with Gasteiger partial charge in [0.2, 0.25) is 0 Å². The number of carbonyl (C=O) groups excluding carboxylic acids is 2. The van der Waals surface area contributed by atoms with E-state index in [4.69, 9.17) is 18.5 Å². The Balaban J connectivity index is 4.14. The molecule has 266 valence electrons. The molecule has 0 aromatic heterocycles. The van der Waals surface area contributed by atoms with Gasteiger partial charge in [-0.1, -0.05) is 120 Å². The molecule has 0 saturated heterocycles. The normalized spacial score (nSPS) is 14.8. The average Bonchev–Trinajstić information content (AvgIpc) is 3.04. The van der Waals surface area contributed by atoms with Crippen LogP contribution in [0.4, 0.5) is 0 Å². The smallest absolute Gasteiger partial charge is 0.457 e. The third-order valence-corrected chi connectivity index (χ3v) is 7.77. The van der Waals surface area contributed by atoms with Crippen molar-refractivity contribution in [2.75, 3.05) is 26.4 Å². The van der Waals surface area contributed by atoms with Gasteiger partial charge in [0.1, 0.15) is 12.2 Å². The van der Waals surface area contributed by atoms with Crippen LogP contribution in [-0.4, -0.2) is 65.7 Å². The van der Waals surface area contributed by atoms with Gasteiger partial charge in [-0.3, -0.25) is 18.6 Å². The summed E-state index contributed by atoms with van der Waals surface area (Å²) in [6, 6.07) is 0. The van der Waals surface area contributed by atoms with E-state index in [9.17, 15) is 29.3 Å². The van der Waals surface area contributed by atoms with Crippen molar-refractivity contribution < 1.29 is 47.8 Å². The minimum absolute atomic E-state index is 0.0701. The van der Waals surface area contributed by atoms with Crippen molar-refractivity contribution in [3.8, 4) is 0 Å². The number of allylic oxidation sites excluding steroid dienone is 8. The molecular weight excluding hydrogens is 611 g/mol. The van der Waals surface area contributed by atoms with Crippen LogP contribution in [0, 0.1) is 0 Å². The SMILES string of the molecule is CC/C=C\C/C=C\C/C=C\C/C=C\CCC(=O)OC(CO)COP(=O)(O)OCC(CO)OC(=O)CCCCCCCCCCCC. The van der Waals surface area contributed by atoms with Crippen molar-refractivity contribution in [2.24, 2.45) is 0 Å². The standard InChI is InChI=1S/C35H61O10P/c1-3-5-7-9-11-13-15-16-17-19-21-23-25-27-35(39)45-33(29-37)31-43-46(40,41)42-30-32(28-36)44-34(38)26-24-22-20-18-14-12-10-8-6-4-2/h5,7,11,13,16-17,21,23,32-33,36-37H,3-4,6,8-10,12,14-15,18-20,22,24-31H2,1-2H3,(H,40,41)/b7-5-,13-11-,17-16-,23-21-. The number of rotatable bonds is 31. The van der Waals surface area contributed by atoms with E-state index >= 15 is 0 Å². The number of hydrogen-bond donors (Lipinski definition) is 3. The van der Waals surface area contributed by atoms with Crippen LogP contribution in [0.3, 0.4) is 0 Å². The minimum atomic E-state index is -4.64. The maximum absolute atomic E-state index is 12.3. The van der Waals surface area contributed by atoms with Gasteiger partial charge >= 0.3 is 19.8 Å². The molecule has 0 aliphatic carbocycles. The molecule has 0 aromatic carbocycles. The van der Waals surface area contributed by atoms with Crippen molar-refractivity contribution in [3.05, 3.63) is 48.6 Å². The van der Waals surface area contributed by atoms with Gasteiger partial charge in [-0.2, -0.15) is 0 Å². The van der Waals surface area contributed by atoms with E-state index in [0.29, 0.717) is 12.8 Å². The first kappa shape index (κ1) is 43.9. The highest BCUT2D eigenvalue weighted by molar-refractivity contribution is 7.47. The van der Waals surface area contributed by atoms with E-state index in [2.05, 4.69) is 44.2 Å². The number of phosphoric acid groups is 1. The number of hydrogen-bond acceptors (Lipinski definition) is 9. The molecule has 0 saturated carbocycles. The first-order valence-corrected chi connectivity index (χ1v) is 18.6. The molecule has 0 aliphatic heterocycles. The first-order valence-electron chi connectivity index (χ1n) is 17.1. The number of esters is 2. The molecule has 0 radical (unpaired) electrons. The molecule has 0 aliphatic rings. The van der Waals surface area contributed by atoms with Gasteiger partial charge < -0.3 is 24.6 Å². The van der Waals surface area contributed by atoms with Crippen LogP contribution in [-0.2, 0) is 32.7 Å². The van der Waals surface area contributed by atoms with Gasteiger partial charge in [0.15, 0.2) is 0 Å². The fourth-order valence-corrected chi connectivity index (χ4v) is 4.97. The van der Waals surface area contributed by atoms with E-state index < -0.39 is 58.4 Å². The summed E-state index contributed by atoms with van der Waals surface area (Å²) < 4.78 is 32.2. The first-order chi connectivity index (χ1) is 22.3. The molecule has 10 nitrogen and oxygen atoms in total. The lowest BCUT2D eigenvalue weighted by Crippen LogP contribution is -2.28. The van der Waals surface area contributed by atoms with E-state index in [1.807, 2.05) is 18.2 Å². The zero-order valence-corrected chi connectivity index (χ0v) is 29.2. The largest absolute Gasteiger partial charge is 0.472 e. The zero-order chi connectivity index (χ0) is 34.1. The Morgan fingerprint density at radius 3 is 1.48 bits per heavy atom. The van der Waals surface area contributed by atoms with Crippen LogP contribution in [0.1, 0.15) is 123 Å². The highest BCUT2D eigenvalue weighted by atomic mass is 31.2. The van der Waals surface area contributed by atoms with Crippen molar-refractivity contribution in [1.29, 1.82) is 0 Å². The Morgan fingerprint density at radius 2 is 1.02 bits per heavy atom. The average molecular weight is 673 g/mol. The topological polar surface area (TPSA) is 149 Å². The molecule has 3 atom stereocenters. The zero-order valence-electron chi connectivity index (χ0n) is 28.3. The molecular formula is C35H61O10P. The summed E-state index contributed by atoms with van der Waals surface area (Å²) in [5.41, 5.74) is 0. The van der Waals surface area contributed by atoms with Crippen LogP contribution in [0.2, 0.25) is 0 Å². The summed E-state index contributed by atoms with van der Waals surface area (Å²) in [5.74, 6) is -1.11. The van der Waals surface area contributed by atoms with Crippen molar-refractivity contribution in [1.82, 2.24) is 0 Å². The Morgan fingerprint density at radius 1 is 0.609 bits per heavy atom. The van der Waals surface area contributed by atoms with Crippen molar-refractivity contribution in [2.45, 2.75) is 135 Å². The van der Waals surface area contributed by atoms with Crippen LogP contribution in [0.15, 0.2) is 48.6 Å². The van der Waals surface area contributed by atoms with Gasteiger partial charge in [0.25, 0.3) is 0 Å². The Hall–Kier alpha value is -2.07. The Bertz CT molecular complexity index is 915. The molecule has 46 heavy (non-hydrogen) atoms. The van der Waals surface area contributed by atoms with Crippen molar-refractivity contribution >= 4 is 19.8 Å². The third kappa shape index (κ3) is 29.3. The van der Waals surface area contributed by atoms with Crippen LogP contribution in [0.25, 0.3) is 0 Å². The lowest BCUT2D eigenvalue weighted by molar-refractivity contribution is -0.153. The fraction of sp³-hybridized carbons (Fsp3) is 0.714. The quantitative estimate of drug-likeness (QED) is 0.0288. The maximum Gasteiger partial charge on any atom is 0.472 e. The van der Waals surface area contributed by atoms with Gasteiger partial charge in [-0.05, 0) is 38.5 Å². The molecule has 0 heterocycles. The summed E-state index contributed by atoms with van der Waals surface area (Å²) in [5, 5.41) is 19.0. The van der Waals surface area contributed by atoms with Gasteiger partial charge in [-0.15, -0.1) is 0 Å². The third-order valence-electron chi connectivity index (χ3n) is 6.82. The predicted octanol–water partition coefficient (Wildman–Crippen LogP) is 7.82. The minimum Gasteiger partial charge on any atom is -0.457 e. The fourth-order valence-electron chi connectivity index (χ4n) is 4.19. The molecule has 3 unspecified atom stereocenters. The van der Waals surface area contributed by atoms with Gasteiger partial charge in [0.05, 0.1) is 26.4 Å². The molecule has 0 aromatic rings. The second kappa shape index (κ2) is 31.5. The van der Waals surface area contributed by atoms with Crippen LogP contribution in [0.5, 0.6) is 0 Å². The number of carbonyl (C=O) groups is 2. The van der Waals surface area contributed by atoms with Crippen molar-refractivity contribution in [3.63, 3.8) is 0 Å².